The van der Waals surface area contributed by atoms with Crippen molar-refractivity contribution in [1.29, 1.82) is 0 Å². The molecule has 0 saturated heterocycles. The van der Waals surface area contributed by atoms with Crippen molar-refractivity contribution in [2.75, 3.05) is 0 Å². The number of rotatable bonds is 2. The van der Waals surface area contributed by atoms with Gasteiger partial charge in [0.25, 0.3) is 0 Å². The molecule has 0 spiro atoms. The largest absolute Gasteiger partial charge is 0.370 e. The molecule has 0 aliphatic heterocycles. The van der Waals surface area contributed by atoms with E-state index in [1.165, 1.54) is 60.4 Å². The van der Waals surface area contributed by atoms with Crippen LogP contribution in [0.15, 0.2) is 41.4 Å². The lowest BCUT2D eigenvalue weighted by Crippen LogP contribution is -2.61. The van der Waals surface area contributed by atoms with Crippen LogP contribution in [0.3, 0.4) is 0 Å². The first-order valence-electron chi connectivity index (χ1n) is 10.4. The highest BCUT2D eigenvalue weighted by molar-refractivity contribution is 9.09. The summed E-state index contributed by atoms with van der Waals surface area (Å²) in [6.07, 6.45) is 9.01. The van der Waals surface area contributed by atoms with E-state index in [9.17, 15) is 0 Å². The fourth-order valence-electron chi connectivity index (χ4n) is 7.09. The zero-order valence-corrected chi connectivity index (χ0v) is 17.1. The molecule has 27 heavy (non-hydrogen) atoms. The predicted octanol–water partition coefficient (Wildman–Crippen LogP) is 4.82. The van der Waals surface area contributed by atoms with Gasteiger partial charge in [0.1, 0.15) is 4.45 Å². The molecule has 0 aromatic heterocycles. The van der Waals surface area contributed by atoms with Crippen LogP contribution in [0.4, 0.5) is 0 Å². The highest BCUT2D eigenvalue weighted by Crippen LogP contribution is 2.55. The van der Waals surface area contributed by atoms with Gasteiger partial charge >= 0.3 is 0 Å². The van der Waals surface area contributed by atoms with Gasteiger partial charge in [-0.2, -0.15) is 0 Å². The van der Waals surface area contributed by atoms with Gasteiger partial charge < -0.3 is 11.1 Å². The first kappa shape index (κ1) is 16.4. The third kappa shape index (κ3) is 2.48. The summed E-state index contributed by atoms with van der Waals surface area (Å²) in [5, 5.41) is 6.36. The summed E-state index contributed by atoms with van der Waals surface area (Å²) in [5.74, 6) is 3.32. The van der Waals surface area contributed by atoms with Crippen LogP contribution < -0.4 is 11.1 Å². The first-order chi connectivity index (χ1) is 13.0. The van der Waals surface area contributed by atoms with Crippen LogP contribution in [0.25, 0.3) is 10.8 Å². The fourth-order valence-corrected chi connectivity index (χ4v) is 7.91. The Hall–Kier alpha value is -1.55. The van der Waals surface area contributed by atoms with Crippen molar-refractivity contribution in [2.24, 2.45) is 28.5 Å². The lowest BCUT2D eigenvalue weighted by atomic mass is 9.53. The Labute approximate surface area is 168 Å². The van der Waals surface area contributed by atoms with Gasteiger partial charge in [-0.25, -0.2) is 4.99 Å². The number of benzene rings is 2. The van der Waals surface area contributed by atoms with Crippen LogP contribution in [0, 0.1) is 17.8 Å². The van der Waals surface area contributed by atoms with Crippen molar-refractivity contribution in [1.82, 2.24) is 5.32 Å². The normalized spacial score (nSPS) is 39.3. The van der Waals surface area contributed by atoms with Crippen molar-refractivity contribution in [3.8, 4) is 0 Å². The molecule has 3 nitrogen and oxygen atoms in total. The summed E-state index contributed by atoms with van der Waals surface area (Å²) in [5.41, 5.74) is 9.32. The molecule has 140 valence electrons. The number of nitrogens with zero attached hydrogens (tertiary/aromatic N) is 1. The Kier molecular flexibility index (Phi) is 3.34. The van der Waals surface area contributed by atoms with Gasteiger partial charge in [0, 0.05) is 12.0 Å². The number of nitrogens with one attached hydrogen (secondary N) is 1. The number of hydrogen-bond donors (Lipinski definition) is 2. The monoisotopic (exact) mass is 423 g/mol. The van der Waals surface area contributed by atoms with Crippen molar-refractivity contribution in [3.63, 3.8) is 0 Å². The van der Waals surface area contributed by atoms with Crippen LogP contribution in [0.5, 0.6) is 0 Å². The minimum atomic E-state index is -0.449. The molecule has 0 heterocycles. The van der Waals surface area contributed by atoms with Crippen molar-refractivity contribution >= 4 is 32.7 Å². The Balaban J connectivity index is 1.33. The molecule has 5 aliphatic rings. The Morgan fingerprint density at radius 3 is 2.30 bits per heavy atom. The van der Waals surface area contributed by atoms with E-state index in [2.05, 4.69) is 57.6 Å². The molecule has 3 N–H and O–H groups in total. The number of guanidine groups is 1. The van der Waals surface area contributed by atoms with Gasteiger partial charge in [-0.1, -0.05) is 52.3 Å². The zero-order chi connectivity index (χ0) is 18.2. The van der Waals surface area contributed by atoms with Crippen LogP contribution in [0.2, 0.25) is 0 Å². The summed E-state index contributed by atoms with van der Waals surface area (Å²) in [6, 6.07) is 13.0. The lowest BCUT2D eigenvalue weighted by molar-refractivity contribution is -0.0103. The average Bonchev–Trinajstić information content (AvgIpc) is 2.87. The van der Waals surface area contributed by atoms with E-state index in [1.807, 2.05) is 0 Å². The maximum Gasteiger partial charge on any atom is 0.190 e. The summed E-state index contributed by atoms with van der Waals surface area (Å²) >= 11 is 3.96. The summed E-state index contributed by atoms with van der Waals surface area (Å²) in [6.45, 7) is 0. The van der Waals surface area contributed by atoms with E-state index in [-0.39, 0.29) is 5.54 Å². The average molecular weight is 424 g/mol. The van der Waals surface area contributed by atoms with E-state index in [4.69, 9.17) is 10.7 Å². The quantitative estimate of drug-likeness (QED) is 0.315. The number of hydrogen-bond acceptors (Lipinski definition) is 1. The third-order valence-electron chi connectivity index (χ3n) is 7.56. The maximum atomic E-state index is 6.53. The maximum absolute atomic E-state index is 6.53. The minimum Gasteiger partial charge on any atom is -0.370 e. The molecule has 2 aromatic carbocycles. The lowest BCUT2D eigenvalue weighted by Gasteiger charge is -2.57. The minimum absolute atomic E-state index is 0.198. The molecule has 4 saturated carbocycles. The second-order valence-electron chi connectivity index (χ2n) is 9.58. The molecule has 0 radical (unpaired) electrons. The van der Waals surface area contributed by atoms with E-state index >= 15 is 0 Å². The van der Waals surface area contributed by atoms with Gasteiger partial charge in [0.05, 0.1) is 0 Å². The van der Waals surface area contributed by atoms with Crippen LogP contribution in [-0.2, 0) is 10.9 Å². The topological polar surface area (TPSA) is 50.4 Å². The Morgan fingerprint density at radius 1 is 1.00 bits per heavy atom. The van der Waals surface area contributed by atoms with Crippen LogP contribution in [0.1, 0.15) is 49.7 Å². The molecule has 0 amide bonds. The van der Waals surface area contributed by atoms with E-state index in [0.29, 0.717) is 5.96 Å². The van der Waals surface area contributed by atoms with Gasteiger partial charge in [-0.3, -0.25) is 0 Å². The van der Waals surface area contributed by atoms with Crippen molar-refractivity contribution < 1.29 is 0 Å². The molecule has 4 heteroatoms. The molecule has 2 aromatic rings. The summed E-state index contributed by atoms with van der Waals surface area (Å²) < 4.78 is -0.449. The van der Waals surface area contributed by atoms with E-state index in [0.717, 1.165) is 24.2 Å². The molecular formula is C23H26BrN3. The second-order valence-corrected chi connectivity index (χ2v) is 10.9. The number of aliphatic imine (C=N–C) groups is 1. The van der Waals surface area contributed by atoms with Gasteiger partial charge in [-0.15, -0.1) is 0 Å². The molecule has 4 fully saturated rings. The van der Waals surface area contributed by atoms with Crippen molar-refractivity contribution in [2.45, 2.75) is 54.9 Å². The second kappa shape index (κ2) is 5.50. The SMILES string of the molecule is NC(=NC1(Br)Cc2cccc3cccc1c23)NC12CC3CC(CC(C3)C1)C2. The summed E-state index contributed by atoms with van der Waals surface area (Å²) in [7, 11) is 0. The molecular weight excluding hydrogens is 398 g/mol. The number of nitrogens with two attached hydrogens (primary N) is 1. The fraction of sp³-hybridized carbons (Fsp3) is 0.522. The van der Waals surface area contributed by atoms with Crippen LogP contribution in [-0.4, -0.2) is 11.5 Å². The third-order valence-corrected chi connectivity index (χ3v) is 8.44. The standard InChI is InChI=1S/C23H26BrN3/c24-23(13-18-5-1-3-17-4-2-6-19(23)20(17)18)27-21(25)26-22-10-14-7-15(11-22)9-16(8-14)12-22/h1-6,14-16H,7-13H2,(H3,25,26,27). The molecule has 4 bridgehead atoms. The number of alkyl halides is 1. The molecule has 5 aliphatic carbocycles. The Morgan fingerprint density at radius 2 is 1.63 bits per heavy atom. The van der Waals surface area contributed by atoms with Gasteiger partial charge in [0.2, 0.25) is 0 Å². The first-order valence-corrected chi connectivity index (χ1v) is 11.1. The summed E-state index contributed by atoms with van der Waals surface area (Å²) in [4.78, 5) is 5.02. The predicted molar refractivity (Wildman–Crippen MR) is 114 cm³/mol. The smallest absolute Gasteiger partial charge is 0.190 e. The van der Waals surface area contributed by atoms with E-state index < -0.39 is 4.45 Å². The van der Waals surface area contributed by atoms with Gasteiger partial charge in [-0.05, 0) is 78.2 Å². The highest BCUT2D eigenvalue weighted by atomic mass is 79.9. The van der Waals surface area contributed by atoms with Gasteiger partial charge in [0.15, 0.2) is 5.96 Å². The molecule has 1 atom stereocenters. The Bertz CT molecular complexity index is 925. The molecule has 7 rings (SSSR count). The van der Waals surface area contributed by atoms with Crippen LogP contribution >= 0.6 is 15.9 Å². The highest BCUT2D eigenvalue weighted by Gasteiger charge is 2.51. The zero-order valence-electron chi connectivity index (χ0n) is 15.5. The van der Waals surface area contributed by atoms with Crippen molar-refractivity contribution in [3.05, 3.63) is 47.5 Å². The van der Waals surface area contributed by atoms with E-state index in [1.54, 1.807) is 0 Å². The number of halogens is 1. The molecule has 1 unspecified atom stereocenters.